The van der Waals surface area contributed by atoms with Crippen molar-refractivity contribution in [1.82, 2.24) is 0 Å². The highest BCUT2D eigenvalue weighted by Crippen LogP contribution is 2.40. The number of hydrogen-bond donors (Lipinski definition) is 1. The molecule has 3 atom stereocenters. The lowest BCUT2D eigenvalue weighted by Gasteiger charge is -2.22. The number of aryl methyl sites for hydroxylation is 1. The molecule has 18 heavy (non-hydrogen) atoms. The molecule has 2 fully saturated rings. The van der Waals surface area contributed by atoms with Gasteiger partial charge in [-0.15, -0.1) is 0 Å². The SMILES string of the molecule is Cc1ccc(N2CC3CCC(O)C3C2)c(C=O)c1. The smallest absolute Gasteiger partial charge is 0.152 e. The molecular weight excluding hydrogens is 226 g/mol. The van der Waals surface area contributed by atoms with E-state index in [0.717, 1.165) is 49.0 Å². The van der Waals surface area contributed by atoms with E-state index in [1.165, 1.54) is 0 Å². The van der Waals surface area contributed by atoms with Gasteiger partial charge in [-0.1, -0.05) is 11.6 Å². The largest absolute Gasteiger partial charge is 0.393 e. The third kappa shape index (κ3) is 1.83. The maximum Gasteiger partial charge on any atom is 0.152 e. The summed E-state index contributed by atoms with van der Waals surface area (Å²) in [5, 5.41) is 9.94. The molecule has 1 aliphatic heterocycles. The van der Waals surface area contributed by atoms with Crippen LogP contribution in [0.1, 0.15) is 28.8 Å². The third-order valence-corrected chi connectivity index (χ3v) is 4.47. The number of aliphatic hydroxyl groups excluding tert-OH is 1. The Morgan fingerprint density at radius 1 is 1.33 bits per heavy atom. The molecule has 1 aliphatic carbocycles. The van der Waals surface area contributed by atoms with Gasteiger partial charge in [0.25, 0.3) is 0 Å². The molecule has 3 rings (SSSR count). The van der Waals surface area contributed by atoms with E-state index in [1.807, 2.05) is 25.1 Å². The Morgan fingerprint density at radius 3 is 2.89 bits per heavy atom. The summed E-state index contributed by atoms with van der Waals surface area (Å²) in [6.45, 7) is 3.86. The van der Waals surface area contributed by atoms with Crippen molar-refractivity contribution in [3.63, 3.8) is 0 Å². The molecule has 0 spiro atoms. The molecule has 0 bridgehead atoms. The highest BCUT2D eigenvalue weighted by Gasteiger charge is 2.42. The molecule has 1 saturated carbocycles. The zero-order chi connectivity index (χ0) is 12.7. The molecule has 1 aromatic rings. The van der Waals surface area contributed by atoms with Gasteiger partial charge in [0.15, 0.2) is 6.29 Å². The Labute approximate surface area is 107 Å². The first-order chi connectivity index (χ1) is 8.69. The number of rotatable bonds is 2. The first kappa shape index (κ1) is 11.7. The zero-order valence-corrected chi connectivity index (χ0v) is 10.7. The van der Waals surface area contributed by atoms with Crippen molar-refractivity contribution in [3.8, 4) is 0 Å². The van der Waals surface area contributed by atoms with Gasteiger partial charge in [-0.25, -0.2) is 0 Å². The quantitative estimate of drug-likeness (QED) is 0.810. The first-order valence-corrected chi connectivity index (χ1v) is 6.68. The molecule has 1 heterocycles. The predicted molar refractivity (Wildman–Crippen MR) is 71.0 cm³/mol. The van der Waals surface area contributed by atoms with E-state index in [9.17, 15) is 9.90 Å². The summed E-state index contributed by atoms with van der Waals surface area (Å²) in [4.78, 5) is 13.4. The van der Waals surface area contributed by atoms with E-state index >= 15 is 0 Å². The van der Waals surface area contributed by atoms with Crippen LogP contribution in [0.2, 0.25) is 0 Å². The highest BCUT2D eigenvalue weighted by atomic mass is 16.3. The van der Waals surface area contributed by atoms with Gasteiger partial charge in [0, 0.05) is 30.3 Å². The van der Waals surface area contributed by atoms with Crippen molar-refractivity contribution in [2.75, 3.05) is 18.0 Å². The van der Waals surface area contributed by atoms with E-state index in [2.05, 4.69) is 4.90 Å². The fourth-order valence-corrected chi connectivity index (χ4v) is 3.49. The van der Waals surface area contributed by atoms with Crippen LogP contribution in [0, 0.1) is 18.8 Å². The minimum absolute atomic E-state index is 0.148. The van der Waals surface area contributed by atoms with Crippen molar-refractivity contribution < 1.29 is 9.90 Å². The van der Waals surface area contributed by atoms with E-state index in [1.54, 1.807) is 0 Å². The van der Waals surface area contributed by atoms with Gasteiger partial charge in [-0.3, -0.25) is 4.79 Å². The lowest BCUT2D eigenvalue weighted by molar-refractivity contribution is 0.112. The van der Waals surface area contributed by atoms with Crippen LogP contribution in [-0.4, -0.2) is 30.6 Å². The summed E-state index contributed by atoms with van der Waals surface area (Å²) in [6.07, 6.45) is 2.85. The van der Waals surface area contributed by atoms with E-state index in [4.69, 9.17) is 0 Å². The molecule has 2 aliphatic rings. The summed E-state index contributed by atoms with van der Waals surface area (Å²) < 4.78 is 0. The summed E-state index contributed by atoms with van der Waals surface area (Å²) in [5.41, 5.74) is 2.90. The van der Waals surface area contributed by atoms with Crippen LogP contribution in [-0.2, 0) is 0 Å². The molecule has 3 heteroatoms. The molecule has 1 saturated heterocycles. The Hall–Kier alpha value is -1.35. The van der Waals surface area contributed by atoms with Crippen LogP contribution < -0.4 is 4.90 Å². The Balaban J connectivity index is 1.87. The van der Waals surface area contributed by atoms with Crippen LogP contribution >= 0.6 is 0 Å². The van der Waals surface area contributed by atoms with Gasteiger partial charge >= 0.3 is 0 Å². The van der Waals surface area contributed by atoms with Gasteiger partial charge in [0.2, 0.25) is 0 Å². The molecule has 96 valence electrons. The minimum Gasteiger partial charge on any atom is -0.393 e. The van der Waals surface area contributed by atoms with Gasteiger partial charge in [-0.05, 0) is 37.8 Å². The highest BCUT2D eigenvalue weighted by molar-refractivity contribution is 5.85. The first-order valence-electron chi connectivity index (χ1n) is 6.68. The number of anilines is 1. The van der Waals surface area contributed by atoms with Crippen molar-refractivity contribution >= 4 is 12.0 Å². The molecule has 0 radical (unpaired) electrons. The van der Waals surface area contributed by atoms with Gasteiger partial charge in [-0.2, -0.15) is 0 Å². The maximum absolute atomic E-state index is 11.2. The van der Waals surface area contributed by atoms with Crippen molar-refractivity contribution in [3.05, 3.63) is 29.3 Å². The predicted octanol–water partition coefficient (Wildman–Crippen LogP) is 2.01. The number of aldehydes is 1. The van der Waals surface area contributed by atoms with Gasteiger partial charge in [0.1, 0.15) is 0 Å². The van der Waals surface area contributed by atoms with Gasteiger partial charge < -0.3 is 10.0 Å². The van der Waals surface area contributed by atoms with E-state index < -0.39 is 0 Å². The van der Waals surface area contributed by atoms with Gasteiger partial charge in [0.05, 0.1) is 6.10 Å². The zero-order valence-electron chi connectivity index (χ0n) is 10.7. The number of hydrogen-bond acceptors (Lipinski definition) is 3. The van der Waals surface area contributed by atoms with Crippen LogP contribution in [0.4, 0.5) is 5.69 Å². The average Bonchev–Trinajstić information content (AvgIpc) is 2.92. The molecule has 0 amide bonds. The maximum atomic E-state index is 11.2. The van der Waals surface area contributed by atoms with Crippen molar-refractivity contribution in [1.29, 1.82) is 0 Å². The Morgan fingerprint density at radius 2 is 2.17 bits per heavy atom. The topological polar surface area (TPSA) is 40.5 Å². The molecular formula is C15H19NO2. The fourth-order valence-electron chi connectivity index (χ4n) is 3.49. The standard InChI is InChI=1S/C15H19NO2/c1-10-2-4-14(12(6-10)9-17)16-7-11-3-5-15(18)13(11)8-16/h2,4,6,9,11,13,15,18H,3,5,7-8H2,1H3. The van der Waals surface area contributed by atoms with Crippen LogP contribution in [0.15, 0.2) is 18.2 Å². The molecule has 0 aromatic heterocycles. The summed E-state index contributed by atoms with van der Waals surface area (Å²) in [5.74, 6) is 0.992. The van der Waals surface area contributed by atoms with Crippen LogP contribution in [0.25, 0.3) is 0 Å². The van der Waals surface area contributed by atoms with Crippen LogP contribution in [0.5, 0.6) is 0 Å². The molecule has 1 aromatic carbocycles. The van der Waals surface area contributed by atoms with E-state index in [-0.39, 0.29) is 6.10 Å². The molecule has 3 nitrogen and oxygen atoms in total. The lowest BCUT2D eigenvalue weighted by Crippen LogP contribution is -2.25. The second-order valence-corrected chi connectivity index (χ2v) is 5.65. The Kier molecular flexibility index (Phi) is 2.86. The van der Waals surface area contributed by atoms with Crippen molar-refractivity contribution in [2.45, 2.75) is 25.9 Å². The average molecular weight is 245 g/mol. The second-order valence-electron chi connectivity index (χ2n) is 5.65. The third-order valence-electron chi connectivity index (χ3n) is 4.47. The van der Waals surface area contributed by atoms with E-state index in [0.29, 0.717) is 11.8 Å². The number of carbonyl (C=O) groups is 1. The number of fused-ring (bicyclic) bond motifs is 1. The Bertz CT molecular complexity index is 472. The fraction of sp³-hybridized carbons (Fsp3) is 0.533. The minimum atomic E-state index is -0.148. The summed E-state index contributed by atoms with van der Waals surface area (Å²) >= 11 is 0. The molecule has 1 N–H and O–H groups in total. The molecule has 3 unspecified atom stereocenters. The number of carbonyl (C=O) groups excluding carboxylic acids is 1. The summed E-state index contributed by atoms with van der Waals surface area (Å²) in [6, 6.07) is 6.02. The number of nitrogens with zero attached hydrogens (tertiary/aromatic N) is 1. The monoisotopic (exact) mass is 245 g/mol. The van der Waals surface area contributed by atoms with Crippen LogP contribution in [0.3, 0.4) is 0 Å². The summed E-state index contributed by atoms with van der Waals surface area (Å²) in [7, 11) is 0. The van der Waals surface area contributed by atoms with Crippen molar-refractivity contribution in [2.24, 2.45) is 11.8 Å². The second kappa shape index (κ2) is 4.39. The number of aliphatic hydroxyl groups is 1. The normalized spacial score (nSPS) is 30.6. The lowest BCUT2D eigenvalue weighted by atomic mass is 10.00. The number of benzene rings is 1.